The minimum atomic E-state index is -0.193. The minimum Gasteiger partial charge on any atom is -0.331 e. The van der Waals surface area contributed by atoms with Crippen molar-refractivity contribution in [2.24, 2.45) is 5.92 Å². The van der Waals surface area contributed by atoms with Crippen molar-refractivity contribution in [2.45, 2.75) is 45.7 Å². The maximum Gasteiger partial charge on any atom is 0.240 e. The van der Waals surface area contributed by atoms with Crippen molar-refractivity contribution in [3.05, 3.63) is 0 Å². The Kier molecular flexibility index (Phi) is 4.47. The summed E-state index contributed by atoms with van der Waals surface area (Å²) in [5.74, 6) is 0.408. The monoisotopic (exact) mass is 226 g/mol. The van der Waals surface area contributed by atoms with Crippen molar-refractivity contribution in [2.75, 3.05) is 13.6 Å². The highest BCUT2D eigenvalue weighted by Crippen LogP contribution is 2.20. The third kappa shape index (κ3) is 2.61. The van der Waals surface area contributed by atoms with Crippen LogP contribution in [0.5, 0.6) is 0 Å². The van der Waals surface area contributed by atoms with E-state index in [1.165, 1.54) is 0 Å². The van der Waals surface area contributed by atoms with Gasteiger partial charge in [-0.15, -0.1) is 0 Å². The minimum absolute atomic E-state index is 0.0650. The van der Waals surface area contributed by atoms with Gasteiger partial charge in [0.05, 0.1) is 12.1 Å². The number of nitrogens with zero attached hydrogens (tertiary/aromatic N) is 1. The lowest BCUT2D eigenvalue weighted by Crippen LogP contribution is -2.51. The molecule has 1 amide bonds. The second-order valence-electron chi connectivity index (χ2n) is 4.81. The molecule has 1 N–H and O–H groups in total. The molecular formula is C12H22N2O2. The number of carbonyl (C=O) groups excluding carboxylic acids is 2. The van der Waals surface area contributed by atoms with Crippen LogP contribution in [0.2, 0.25) is 0 Å². The number of likely N-dealkylation sites (tertiary alicyclic amines) is 1. The molecule has 2 unspecified atom stereocenters. The average molecular weight is 226 g/mol. The Hall–Kier alpha value is -0.900. The fourth-order valence-electron chi connectivity index (χ4n) is 2.37. The van der Waals surface area contributed by atoms with Crippen LogP contribution in [0, 0.1) is 5.92 Å². The maximum atomic E-state index is 12.2. The molecule has 0 radical (unpaired) electrons. The van der Waals surface area contributed by atoms with Crippen LogP contribution < -0.4 is 5.32 Å². The van der Waals surface area contributed by atoms with Gasteiger partial charge in [-0.05, 0) is 32.7 Å². The predicted molar refractivity (Wildman–Crippen MR) is 63.1 cm³/mol. The van der Waals surface area contributed by atoms with E-state index in [0.717, 1.165) is 12.8 Å². The molecule has 0 aromatic rings. The number of nitrogens with one attached hydrogen (secondary N) is 1. The first-order chi connectivity index (χ1) is 7.49. The topological polar surface area (TPSA) is 49.4 Å². The molecule has 0 aromatic carbocycles. The summed E-state index contributed by atoms with van der Waals surface area (Å²) < 4.78 is 0. The summed E-state index contributed by atoms with van der Waals surface area (Å²) in [4.78, 5) is 25.4. The van der Waals surface area contributed by atoms with Crippen molar-refractivity contribution in [1.82, 2.24) is 10.2 Å². The molecule has 92 valence electrons. The van der Waals surface area contributed by atoms with Crippen molar-refractivity contribution in [1.29, 1.82) is 0 Å². The molecular weight excluding hydrogens is 204 g/mol. The van der Waals surface area contributed by atoms with Gasteiger partial charge in [-0.25, -0.2) is 0 Å². The van der Waals surface area contributed by atoms with Crippen molar-refractivity contribution < 1.29 is 9.59 Å². The maximum absolute atomic E-state index is 12.2. The number of hydrogen-bond acceptors (Lipinski definition) is 3. The first-order valence-corrected chi connectivity index (χ1v) is 5.97. The quantitative estimate of drug-likeness (QED) is 0.771. The first-order valence-electron chi connectivity index (χ1n) is 5.97. The summed E-state index contributed by atoms with van der Waals surface area (Å²) in [6, 6.07) is -0.373. The van der Waals surface area contributed by atoms with Gasteiger partial charge < -0.3 is 10.2 Å². The summed E-state index contributed by atoms with van der Waals surface area (Å²) in [6.45, 7) is 6.31. The van der Waals surface area contributed by atoms with Crippen LogP contribution in [0.1, 0.15) is 33.6 Å². The van der Waals surface area contributed by atoms with Gasteiger partial charge in [0, 0.05) is 6.54 Å². The molecule has 4 heteroatoms. The van der Waals surface area contributed by atoms with E-state index in [1.54, 1.807) is 18.9 Å². The lowest BCUT2D eigenvalue weighted by atomic mass is 10.0. The van der Waals surface area contributed by atoms with E-state index in [9.17, 15) is 9.59 Å². The molecule has 1 aliphatic heterocycles. The highest BCUT2D eigenvalue weighted by Gasteiger charge is 2.35. The summed E-state index contributed by atoms with van der Waals surface area (Å²) in [7, 11) is 1.79. The number of carbonyl (C=O) groups is 2. The molecule has 1 heterocycles. The number of Topliss-reactive ketones (excluding diaryl/α,β-unsaturated/α-hetero) is 1. The molecule has 0 spiro atoms. The average Bonchev–Trinajstić information content (AvgIpc) is 2.65. The van der Waals surface area contributed by atoms with Crippen LogP contribution >= 0.6 is 0 Å². The van der Waals surface area contributed by atoms with Crippen molar-refractivity contribution >= 4 is 11.7 Å². The number of likely N-dealkylation sites (N-methyl/N-ethyl adjacent to an activating group) is 1. The molecule has 1 aliphatic rings. The number of rotatable bonds is 4. The smallest absolute Gasteiger partial charge is 0.240 e. The Morgan fingerprint density at radius 2 is 2.00 bits per heavy atom. The Morgan fingerprint density at radius 1 is 1.38 bits per heavy atom. The molecule has 2 atom stereocenters. The van der Waals surface area contributed by atoms with E-state index in [4.69, 9.17) is 0 Å². The van der Waals surface area contributed by atoms with E-state index in [2.05, 4.69) is 5.32 Å². The third-order valence-electron chi connectivity index (χ3n) is 3.25. The van der Waals surface area contributed by atoms with Gasteiger partial charge in [-0.2, -0.15) is 0 Å². The Morgan fingerprint density at radius 3 is 2.44 bits per heavy atom. The molecule has 16 heavy (non-hydrogen) atoms. The Labute approximate surface area is 97.4 Å². The SMILES string of the molecule is CNC(C(=O)N1CCCC1C(C)=O)C(C)C. The summed E-state index contributed by atoms with van der Waals surface area (Å²) in [5, 5.41) is 3.04. The van der Waals surface area contributed by atoms with Gasteiger partial charge in [-0.3, -0.25) is 9.59 Å². The van der Waals surface area contributed by atoms with E-state index in [1.807, 2.05) is 13.8 Å². The van der Waals surface area contributed by atoms with E-state index >= 15 is 0 Å². The highest BCUT2D eigenvalue weighted by molar-refractivity contribution is 5.90. The van der Waals surface area contributed by atoms with Crippen LogP contribution in [-0.4, -0.2) is 42.3 Å². The van der Waals surface area contributed by atoms with Crippen molar-refractivity contribution in [3.8, 4) is 0 Å². The van der Waals surface area contributed by atoms with Crippen molar-refractivity contribution in [3.63, 3.8) is 0 Å². The molecule has 1 saturated heterocycles. The fourth-order valence-corrected chi connectivity index (χ4v) is 2.37. The predicted octanol–water partition coefficient (Wildman–Crippen LogP) is 0.810. The largest absolute Gasteiger partial charge is 0.331 e. The summed E-state index contributed by atoms with van der Waals surface area (Å²) >= 11 is 0. The van der Waals surface area contributed by atoms with Gasteiger partial charge in [0.1, 0.15) is 0 Å². The lowest BCUT2D eigenvalue weighted by molar-refractivity contribution is -0.139. The second kappa shape index (κ2) is 5.43. The zero-order valence-electron chi connectivity index (χ0n) is 10.6. The van der Waals surface area contributed by atoms with Gasteiger partial charge in [0.15, 0.2) is 5.78 Å². The molecule has 0 saturated carbocycles. The zero-order chi connectivity index (χ0) is 12.3. The Bertz CT molecular complexity index is 276. The lowest BCUT2D eigenvalue weighted by Gasteiger charge is -2.29. The van der Waals surface area contributed by atoms with E-state index < -0.39 is 0 Å². The van der Waals surface area contributed by atoms with Gasteiger partial charge in [0.2, 0.25) is 5.91 Å². The van der Waals surface area contributed by atoms with Crippen LogP contribution in [0.15, 0.2) is 0 Å². The van der Waals surface area contributed by atoms with Crippen LogP contribution in [-0.2, 0) is 9.59 Å². The van der Waals surface area contributed by atoms with E-state index in [0.29, 0.717) is 6.54 Å². The van der Waals surface area contributed by atoms with Crippen LogP contribution in [0.25, 0.3) is 0 Å². The second-order valence-corrected chi connectivity index (χ2v) is 4.81. The van der Waals surface area contributed by atoms with Gasteiger partial charge >= 0.3 is 0 Å². The van der Waals surface area contributed by atoms with E-state index in [-0.39, 0.29) is 29.7 Å². The van der Waals surface area contributed by atoms with Gasteiger partial charge in [0.25, 0.3) is 0 Å². The van der Waals surface area contributed by atoms with Gasteiger partial charge in [-0.1, -0.05) is 13.8 Å². The fraction of sp³-hybridized carbons (Fsp3) is 0.833. The number of hydrogen-bond donors (Lipinski definition) is 1. The molecule has 0 aliphatic carbocycles. The normalized spacial score (nSPS) is 22.6. The molecule has 4 nitrogen and oxygen atoms in total. The Balaban J connectivity index is 2.75. The van der Waals surface area contributed by atoms with Crippen LogP contribution in [0.3, 0.4) is 0 Å². The standard InChI is InChI=1S/C12H22N2O2/c1-8(2)11(13-4)12(16)14-7-5-6-10(14)9(3)15/h8,10-11,13H,5-7H2,1-4H3. The number of ketones is 1. The summed E-state index contributed by atoms with van der Waals surface area (Å²) in [6.07, 6.45) is 1.75. The molecule has 0 bridgehead atoms. The van der Waals surface area contributed by atoms with Crippen LogP contribution in [0.4, 0.5) is 0 Å². The highest BCUT2D eigenvalue weighted by atomic mass is 16.2. The molecule has 1 fully saturated rings. The number of amides is 1. The first kappa shape index (κ1) is 13.2. The zero-order valence-corrected chi connectivity index (χ0v) is 10.6. The molecule has 1 rings (SSSR count). The molecule has 0 aromatic heterocycles. The third-order valence-corrected chi connectivity index (χ3v) is 3.25. The summed E-state index contributed by atoms with van der Waals surface area (Å²) in [5.41, 5.74) is 0.